The number of para-hydroxylation sites is 1. The summed E-state index contributed by atoms with van der Waals surface area (Å²) in [6.45, 7) is -0.410. The standard InChI is InChI=1S/C18H15NO5/c1-22-12-8-6-11(7-9-12)17-18(23-10-15(19)20)16(21)13-4-2-3-5-14(13)24-17/h2-9H,10H2,1H3,(H2,19,20). The molecule has 3 rings (SSSR count). The van der Waals surface area contributed by atoms with Crippen molar-refractivity contribution in [2.45, 2.75) is 0 Å². The summed E-state index contributed by atoms with van der Waals surface area (Å²) in [4.78, 5) is 23.7. The molecule has 0 atom stereocenters. The summed E-state index contributed by atoms with van der Waals surface area (Å²) >= 11 is 0. The second-order valence-corrected chi connectivity index (χ2v) is 5.07. The summed E-state index contributed by atoms with van der Waals surface area (Å²) in [6.07, 6.45) is 0. The normalized spacial score (nSPS) is 10.5. The van der Waals surface area contributed by atoms with Gasteiger partial charge < -0.3 is 19.6 Å². The van der Waals surface area contributed by atoms with Crippen LogP contribution in [0.1, 0.15) is 0 Å². The number of carbonyl (C=O) groups excluding carboxylic acids is 1. The van der Waals surface area contributed by atoms with Gasteiger partial charge in [-0.3, -0.25) is 9.59 Å². The number of primary amides is 1. The third kappa shape index (κ3) is 2.94. The van der Waals surface area contributed by atoms with Gasteiger partial charge in [-0.25, -0.2) is 0 Å². The number of methoxy groups -OCH3 is 1. The Morgan fingerprint density at radius 3 is 2.50 bits per heavy atom. The molecule has 0 saturated heterocycles. The van der Waals surface area contributed by atoms with E-state index in [1.165, 1.54) is 0 Å². The maximum atomic E-state index is 12.7. The van der Waals surface area contributed by atoms with Crippen molar-refractivity contribution in [3.8, 4) is 22.8 Å². The van der Waals surface area contributed by atoms with Crippen LogP contribution in [0, 0.1) is 0 Å². The molecule has 0 saturated carbocycles. The van der Waals surface area contributed by atoms with Gasteiger partial charge in [0.15, 0.2) is 12.4 Å². The molecule has 0 radical (unpaired) electrons. The molecule has 1 heterocycles. The fourth-order valence-corrected chi connectivity index (χ4v) is 2.33. The van der Waals surface area contributed by atoms with Crippen molar-refractivity contribution in [2.24, 2.45) is 5.73 Å². The first-order valence-electron chi connectivity index (χ1n) is 7.21. The predicted octanol–water partition coefficient (Wildman–Crippen LogP) is 2.33. The highest BCUT2D eigenvalue weighted by Crippen LogP contribution is 2.31. The molecule has 2 N–H and O–H groups in total. The summed E-state index contributed by atoms with van der Waals surface area (Å²) in [7, 11) is 1.56. The fourth-order valence-electron chi connectivity index (χ4n) is 2.33. The fraction of sp³-hybridized carbons (Fsp3) is 0.111. The molecule has 0 unspecified atom stereocenters. The van der Waals surface area contributed by atoms with Crippen LogP contribution in [0.4, 0.5) is 0 Å². The van der Waals surface area contributed by atoms with Crippen LogP contribution < -0.4 is 20.6 Å². The van der Waals surface area contributed by atoms with Crippen LogP contribution >= 0.6 is 0 Å². The topological polar surface area (TPSA) is 91.8 Å². The van der Waals surface area contributed by atoms with Crippen LogP contribution in [0.15, 0.2) is 57.7 Å². The Bertz CT molecular complexity index is 944. The van der Waals surface area contributed by atoms with Crippen molar-refractivity contribution in [3.05, 3.63) is 58.8 Å². The van der Waals surface area contributed by atoms with Crippen LogP contribution in [0.25, 0.3) is 22.3 Å². The summed E-state index contributed by atoms with van der Waals surface area (Å²) < 4.78 is 16.3. The molecule has 2 aromatic carbocycles. The number of hydrogen-bond acceptors (Lipinski definition) is 5. The van der Waals surface area contributed by atoms with Crippen LogP contribution in [0.5, 0.6) is 11.5 Å². The number of nitrogens with two attached hydrogens (primary N) is 1. The van der Waals surface area contributed by atoms with E-state index in [-0.39, 0.29) is 16.9 Å². The summed E-state index contributed by atoms with van der Waals surface area (Å²) in [6, 6.07) is 13.8. The van der Waals surface area contributed by atoms with Crippen molar-refractivity contribution in [1.29, 1.82) is 0 Å². The zero-order chi connectivity index (χ0) is 17.1. The average Bonchev–Trinajstić information content (AvgIpc) is 2.61. The van der Waals surface area contributed by atoms with Gasteiger partial charge in [-0.15, -0.1) is 0 Å². The molecule has 6 heteroatoms. The first-order chi connectivity index (χ1) is 11.6. The van der Waals surface area contributed by atoms with Gasteiger partial charge in [-0.2, -0.15) is 0 Å². The van der Waals surface area contributed by atoms with Gasteiger partial charge >= 0.3 is 0 Å². The molecule has 0 bridgehead atoms. The molecule has 3 aromatic rings. The minimum atomic E-state index is -0.678. The Balaban J connectivity index is 2.20. The highest BCUT2D eigenvalue weighted by atomic mass is 16.5. The molecule has 1 amide bonds. The number of carbonyl (C=O) groups is 1. The zero-order valence-electron chi connectivity index (χ0n) is 12.9. The van der Waals surface area contributed by atoms with Crippen molar-refractivity contribution in [1.82, 2.24) is 0 Å². The summed E-state index contributed by atoms with van der Waals surface area (Å²) in [5.74, 6) is 0.185. The Labute approximate surface area is 137 Å². The Kier molecular flexibility index (Phi) is 4.20. The Morgan fingerprint density at radius 1 is 1.12 bits per heavy atom. The molecule has 24 heavy (non-hydrogen) atoms. The maximum absolute atomic E-state index is 12.7. The molecule has 0 fully saturated rings. The van der Waals surface area contributed by atoms with Crippen molar-refractivity contribution in [2.75, 3.05) is 13.7 Å². The summed E-state index contributed by atoms with van der Waals surface area (Å²) in [5, 5.41) is 0.370. The molecule has 1 aromatic heterocycles. The first-order valence-corrected chi connectivity index (χ1v) is 7.21. The number of fused-ring (bicyclic) bond motifs is 1. The highest BCUT2D eigenvalue weighted by molar-refractivity contribution is 5.82. The molecule has 0 spiro atoms. The molecule has 122 valence electrons. The van der Waals surface area contributed by atoms with E-state index < -0.39 is 12.5 Å². The van der Waals surface area contributed by atoms with Crippen LogP contribution in [0.3, 0.4) is 0 Å². The molecule has 0 aliphatic rings. The molecule has 0 aliphatic carbocycles. The largest absolute Gasteiger partial charge is 0.497 e. The van der Waals surface area contributed by atoms with Crippen LogP contribution in [0.2, 0.25) is 0 Å². The smallest absolute Gasteiger partial charge is 0.255 e. The third-order valence-electron chi connectivity index (χ3n) is 3.47. The second kappa shape index (κ2) is 6.45. The van der Waals surface area contributed by atoms with E-state index in [0.717, 1.165) is 0 Å². The van der Waals surface area contributed by atoms with Gasteiger partial charge in [0, 0.05) is 5.56 Å². The summed E-state index contributed by atoms with van der Waals surface area (Å²) in [5.41, 5.74) is 5.81. The molecule has 0 aliphatic heterocycles. The van der Waals surface area contributed by atoms with E-state index in [9.17, 15) is 9.59 Å². The molecular formula is C18H15NO5. The van der Waals surface area contributed by atoms with Crippen molar-refractivity contribution < 1.29 is 18.7 Å². The SMILES string of the molecule is COc1ccc(-c2oc3ccccc3c(=O)c2OCC(N)=O)cc1. The van der Waals surface area contributed by atoms with Gasteiger partial charge in [0.1, 0.15) is 11.3 Å². The van der Waals surface area contributed by atoms with Gasteiger partial charge in [0.25, 0.3) is 5.91 Å². The van der Waals surface area contributed by atoms with E-state index in [0.29, 0.717) is 22.3 Å². The Hall–Kier alpha value is -3.28. The lowest BCUT2D eigenvalue weighted by Crippen LogP contribution is -2.22. The zero-order valence-corrected chi connectivity index (χ0v) is 12.9. The van der Waals surface area contributed by atoms with E-state index >= 15 is 0 Å². The predicted molar refractivity (Wildman–Crippen MR) is 89.2 cm³/mol. The number of rotatable bonds is 5. The van der Waals surface area contributed by atoms with Gasteiger partial charge in [0.05, 0.1) is 12.5 Å². The lowest BCUT2D eigenvalue weighted by Gasteiger charge is -2.11. The van der Waals surface area contributed by atoms with E-state index in [4.69, 9.17) is 19.6 Å². The van der Waals surface area contributed by atoms with Crippen molar-refractivity contribution in [3.63, 3.8) is 0 Å². The maximum Gasteiger partial charge on any atom is 0.255 e. The molecule has 6 nitrogen and oxygen atoms in total. The van der Waals surface area contributed by atoms with Gasteiger partial charge in [0.2, 0.25) is 11.2 Å². The first kappa shape index (κ1) is 15.6. The molecular weight excluding hydrogens is 310 g/mol. The van der Waals surface area contributed by atoms with E-state index in [1.54, 1.807) is 55.6 Å². The number of benzene rings is 2. The van der Waals surface area contributed by atoms with Gasteiger partial charge in [-0.05, 0) is 36.4 Å². The number of hydrogen-bond donors (Lipinski definition) is 1. The minimum absolute atomic E-state index is 0.0438. The monoisotopic (exact) mass is 325 g/mol. The lowest BCUT2D eigenvalue weighted by molar-refractivity contribution is -0.119. The minimum Gasteiger partial charge on any atom is -0.497 e. The van der Waals surface area contributed by atoms with E-state index in [1.807, 2.05) is 0 Å². The average molecular weight is 325 g/mol. The van der Waals surface area contributed by atoms with Gasteiger partial charge in [-0.1, -0.05) is 12.1 Å². The van der Waals surface area contributed by atoms with E-state index in [2.05, 4.69) is 0 Å². The highest BCUT2D eigenvalue weighted by Gasteiger charge is 2.18. The lowest BCUT2D eigenvalue weighted by atomic mass is 10.1. The Morgan fingerprint density at radius 2 is 1.83 bits per heavy atom. The number of amides is 1. The quantitative estimate of drug-likeness (QED) is 0.777. The third-order valence-corrected chi connectivity index (χ3v) is 3.47. The van der Waals surface area contributed by atoms with Crippen LogP contribution in [-0.4, -0.2) is 19.6 Å². The second-order valence-electron chi connectivity index (χ2n) is 5.07. The number of ether oxygens (including phenoxy) is 2. The van der Waals surface area contributed by atoms with Crippen LogP contribution in [-0.2, 0) is 4.79 Å². The van der Waals surface area contributed by atoms with Crippen molar-refractivity contribution >= 4 is 16.9 Å².